The molecule has 0 spiro atoms. The number of phenols is 1. The summed E-state index contributed by atoms with van der Waals surface area (Å²) in [6, 6.07) is 22.6. The Balaban J connectivity index is 2.35. The highest BCUT2D eigenvalue weighted by atomic mass is 31.2. The first kappa shape index (κ1) is 15.1. The third-order valence-electron chi connectivity index (χ3n) is 3.67. The van der Waals surface area contributed by atoms with Crippen LogP contribution in [-0.4, -0.2) is 5.11 Å². The molecule has 3 nitrogen and oxygen atoms in total. The predicted octanol–water partition coefficient (Wildman–Crippen LogP) is 3.58. The van der Waals surface area contributed by atoms with Crippen LogP contribution in [0.25, 0.3) is 4.85 Å². The Kier molecular flexibility index (Phi) is 4.02. The molecule has 0 aliphatic carbocycles. The molecule has 3 rings (SSSR count). The Labute approximate surface area is 135 Å². The molecule has 0 aliphatic rings. The molecular weight excluding hydrogens is 305 g/mol. The number of rotatable bonds is 3. The lowest BCUT2D eigenvalue weighted by molar-refractivity contribution is 0.479. The fourth-order valence-corrected chi connectivity index (χ4v) is 5.29. The Morgan fingerprint density at radius 3 is 1.83 bits per heavy atom. The standard InChI is InChI=1S/C19H14NO2P/c1-20-15-12-13-18(21)19(14-15)23(22,16-8-4-2-5-9-16)17-10-6-3-7-11-17/h2-14,21H. The van der Waals surface area contributed by atoms with Crippen molar-refractivity contribution in [3.63, 3.8) is 0 Å². The molecule has 4 heteroatoms. The molecule has 0 aromatic heterocycles. The lowest BCUT2D eigenvalue weighted by Gasteiger charge is -2.21. The van der Waals surface area contributed by atoms with Crippen molar-refractivity contribution in [3.05, 3.63) is 90.3 Å². The van der Waals surface area contributed by atoms with Crippen LogP contribution in [0.3, 0.4) is 0 Å². The van der Waals surface area contributed by atoms with Crippen LogP contribution in [0.1, 0.15) is 0 Å². The van der Waals surface area contributed by atoms with Gasteiger partial charge in [-0.15, -0.1) is 0 Å². The maximum Gasteiger partial charge on any atom is 0.188 e. The van der Waals surface area contributed by atoms with Crippen LogP contribution >= 0.6 is 7.14 Å². The van der Waals surface area contributed by atoms with E-state index in [0.29, 0.717) is 21.6 Å². The summed E-state index contributed by atoms with van der Waals surface area (Å²) in [5.41, 5.74) is 0.352. The first-order valence-corrected chi connectivity index (χ1v) is 8.79. The van der Waals surface area contributed by atoms with Crippen molar-refractivity contribution in [2.75, 3.05) is 0 Å². The lowest BCUT2D eigenvalue weighted by Crippen LogP contribution is -2.25. The van der Waals surface area contributed by atoms with Gasteiger partial charge < -0.3 is 9.67 Å². The van der Waals surface area contributed by atoms with Gasteiger partial charge in [-0.1, -0.05) is 66.7 Å². The number of aromatic hydroxyl groups is 1. The quantitative estimate of drug-likeness (QED) is 0.592. The van der Waals surface area contributed by atoms with Crippen molar-refractivity contribution >= 4 is 28.7 Å². The van der Waals surface area contributed by atoms with Gasteiger partial charge in [0.25, 0.3) is 0 Å². The Morgan fingerprint density at radius 2 is 1.35 bits per heavy atom. The summed E-state index contributed by atoms with van der Waals surface area (Å²) in [5.74, 6) is -0.0616. The predicted molar refractivity (Wildman–Crippen MR) is 93.8 cm³/mol. The maximum absolute atomic E-state index is 14.0. The molecule has 1 N–H and O–H groups in total. The molecular formula is C19H14NO2P. The van der Waals surface area contributed by atoms with Gasteiger partial charge in [0, 0.05) is 10.6 Å². The van der Waals surface area contributed by atoms with Crippen molar-refractivity contribution in [1.29, 1.82) is 0 Å². The smallest absolute Gasteiger partial charge is 0.188 e. The van der Waals surface area contributed by atoms with E-state index in [1.54, 1.807) is 24.3 Å². The lowest BCUT2D eigenvalue weighted by atomic mass is 10.3. The topological polar surface area (TPSA) is 41.7 Å². The highest BCUT2D eigenvalue weighted by molar-refractivity contribution is 7.85. The van der Waals surface area contributed by atoms with Gasteiger partial charge in [0.05, 0.1) is 11.9 Å². The fraction of sp³-hybridized carbons (Fsp3) is 0. The average Bonchev–Trinajstić information content (AvgIpc) is 2.63. The molecule has 3 aromatic rings. The molecule has 0 heterocycles. The molecule has 0 amide bonds. The SMILES string of the molecule is [C-]#[N+]c1ccc(O)c(P(=O)(c2ccccc2)c2ccccc2)c1. The average molecular weight is 319 g/mol. The minimum atomic E-state index is -3.25. The third kappa shape index (κ3) is 2.65. The van der Waals surface area contributed by atoms with Crippen LogP contribution in [0.2, 0.25) is 0 Å². The molecule has 112 valence electrons. The minimum Gasteiger partial charge on any atom is -0.507 e. The van der Waals surface area contributed by atoms with E-state index in [2.05, 4.69) is 4.85 Å². The minimum absolute atomic E-state index is 0.0616. The number of nitrogens with zero attached hydrogens (tertiary/aromatic N) is 1. The maximum atomic E-state index is 14.0. The van der Waals surface area contributed by atoms with Crippen LogP contribution in [-0.2, 0) is 4.57 Å². The molecule has 0 saturated carbocycles. The summed E-state index contributed by atoms with van der Waals surface area (Å²) in [6.07, 6.45) is 0. The van der Waals surface area contributed by atoms with E-state index in [4.69, 9.17) is 6.57 Å². The van der Waals surface area contributed by atoms with Crippen LogP contribution in [0, 0.1) is 6.57 Å². The molecule has 0 aliphatic heterocycles. The summed E-state index contributed by atoms with van der Waals surface area (Å²) >= 11 is 0. The van der Waals surface area contributed by atoms with Crippen molar-refractivity contribution in [2.24, 2.45) is 0 Å². The first-order chi connectivity index (χ1) is 11.2. The van der Waals surface area contributed by atoms with E-state index < -0.39 is 7.14 Å². The number of phenolic OH excluding ortho intramolecular Hbond substituents is 1. The van der Waals surface area contributed by atoms with Crippen molar-refractivity contribution < 1.29 is 9.67 Å². The Morgan fingerprint density at radius 1 is 0.826 bits per heavy atom. The van der Waals surface area contributed by atoms with Crippen LogP contribution in [0.5, 0.6) is 5.75 Å². The highest BCUT2D eigenvalue weighted by Gasteiger charge is 2.32. The summed E-state index contributed by atoms with van der Waals surface area (Å²) < 4.78 is 14.0. The van der Waals surface area contributed by atoms with Gasteiger partial charge in [0.2, 0.25) is 0 Å². The van der Waals surface area contributed by atoms with E-state index in [-0.39, 0.29) is 5.75 Å². The van der Waals surface area contributed by atoms with E-state index in [1.807, 2.05) is 36.4 Å². The zero-order valence-electron chi connectivity index (χ0n) is 12.3. The fourth-order valence-electron chi connectivity index (χ4n) is 2.54. The van der Waals surface area contributed by atoms with Gasteiger partial charge in [0.15, 0.2) is 12.8 Å². The van der Waals surface area contributed by atoms with Crippen molar-refractivity contribution in [2.45, 2.75) is 0 Å². The van der Waals surface area contributed by atoms with E-state index in [0.717, 1.165) is 0 Å². The molecule has 3 aromatic carbocycles. The van der Waals surface area contributed by atoms with Gasteiger partial charge in [0.1, 0.15) is 5.75 Å². The number of hydrogen-bond donors (Lipinski definition) is 1. The zero-order valence-corrected chi connectivity index (χ0v) is 13.1. The highest BCUT2D eigenvalue weighted by Crippen LogP contribution is 2.45. The molecule has 0 atom stereocenters. The molecule has 0 fully saturated rings. The van der Waals surface area contributed by atoms with E-state index >= 15 is 0 Å². The van der Waals surface area contributed by atoms with E-state index in [9.17, 15) is 9.67 Å². The molecule has 0 radical (unpaired) electrons. The first-order valence-electron chi connectivity index (χ1n) is 7.08. The van der Waals surface area contributed by atoms with Gasteiger partial charge in [-0.25, -0.2) is 4.85 Å². The third-order valence-corrected chi connectivity index (χ3v) is 6.75. The largest absolute Gasteiger partial charge is 0.507 e. The van der Waals surface area contributed by atoms with Crippen LogP contribution in [0.4, 0.5) is 5.69 Å². The van der Waals surface area contributed by atoms with Crippen LogP contribution < -0.4 is 15.9 Å². The molecule has 0 unspecified atom stereocenters. The van der Waals surface area contributed by atoms with Crippen molar-refractivity contribution in [3.8, 4) is 5.75 Å². The summed E-state index contributed by atoms with van der Waals surface area (Å²) in [6.45, 7) is 7.18. The monoisotopic (exact) mass is 319 g/mol. The van der Waals surface area contributed by atoms with Gasteiger partial charge in [-0.2, -0.15) is 0 Å². The number of benzene rings is 3. The summed E-state index contributed by atoms with van der Waals surface area (Å²) in [5, 5.41) is 11.9. The normalized spacial score (nSPS) is 10.9. The second kappa shape index (κ2) is 6.12. The Bertz CT molecular complexity index is 872. The number of hydrogen-bond acceptors (Lipinski definition) is 2. The molecule has 0 saturated heterocycles. The van der Waals surface area contributed by atoms with Crippen molar-refractivity contribution in [1.82, 2.24) is 0 Å². The van der Waals surface area contributed by atoms with E-state index in [1.165, 1.54) is 18.2 Å². The summed E-state index contributed by atoms with van der Waals surface area (Å²) in [7, 11) is -3.25. The second-order valence-electron chi connectivity index (χ2n) is 5.07. The molecule has 0 bridgehead atoms. The van der Waals surface area contributed by atoms with Gasteiger partial charge in [-0.3, -0.25) is 0 Å². The van der Waals surface area contributed by atoms with Crippen LogP contribution in [0.15, 0.2) is 78.9 Å². The molecule has 23 heavy (non-hydrogen) atoms. The Hall–Kier alpha value is -2.82. The summed E-state index contributed by atoms with van der Waals surface area (Å²) in [4.78, 5) is 3.39. The second-order valence-corrected chi connectivity index (χ2v) is 7.80. The zero-order chi connectivity index (χ0) is 16.3. The van der Waals surface area contributed by atoms with Gasteiger partial charge >= 0.3 is 0 Å². The van der Waals surface area contributed by atoms with Gasteiger partial charge in [-0.05, 0) is 12.1 Å².